The maximum absolute atomic E-state index is 14.1. The number of carbonyl (C=O) groups excluding carboxylic acids is 1. The third kappa shape index (κ3) is 6.36. The molecule has 14 heteroatoms. The molecule has 0 saturated carbocycles. The van der Waals surface area contributed by atoms with Gasteiger partial charge in [-0.15, -0.1) is 11.8 Å². The molecule has 1 aliphatic heterocycles. The van der Waals surface area contributed by atoms with E-state index in [1.54, 1.807) is 26.0 Å². The molecule has 1 fully saturated rings. The van der Waals surface area contributed by atoms with Crippen molar-refractivity contribution in [1.82, 2.24) is 19.6 Å². The van der Waals surface area contributed by atoms with Crippen molar-refractivity contribution in [3.05, 3.63) is 59.3 Å². The number of fused-ring (bicyclic) bond motifs is 1. The van der Waals surface area contributed by atoms with Crippen molar-refractivity contribution in [3.63, 3.8) is 0 Å². The van der Waals surface area contributed by atoms with Crippen molar-refractivity contribution in [2.24, 2.45) is 5.92 Å². The number of hydrogen-bond acceptors (Lipinski definition) is 11. The molecule has 1 saturated heterocycles. The number of rotatable bonds is 10. The fourth-order valence-electron chi connectivity index (χ4n) is 4.03. The van der Waals surface area contributed by atoms with Crippen molar-refractivity contribution >= 4 is 42.2 Å². The van der Waals surface area contributed by atoms with Crippen LogP contribution in [0.5, 0.6) is 5.75 Å². The molecule has 0 radical (unpaired) electrons. The molecule has 3 aromatic rings. The second-order valence-corrected chi connectivity index (χ2v) is 12.2. The number of ether oxygens (including phenoxy) is 1. The number of aliphatic hydroxyl groups is 1. The number of nitrogens with one attached hydrogen (secondary N) is 1. The van der Waals surface area contributed by atoms with E-state index in [0.29, 0.717) is 11.1 Å². The monoisotopic (exact) mass is 563 g/mol. The number of benzene rings is 2. The highest BCUT2D eigenvalue weighted by atomic mass is 32.2. The summed E-state index contributed by atoms with van der Waals surface area (Å²) < 4.78 is 32.1. The van der Waals surface area contributed by atoms with Crippen LogP contribution in [0.1, 0.15) is 25.6 Å². The summed E-state index contributed by atoms with van der Waals surface area (Å²) in [6, 6.07) is 11.7. The number of thioether (sulfide) groups is 1. The lowest BCUT2D eigenvalue weighted by Gasteiger charge is -2.27. The number of nitrogen functional groups attached to an aromatic ring is 1. The van der Waals surface area contributed by atoms with Crippen LogP contribution in [0.4, 0.5) is 5.95 Å². The van der Waals surface area contributed by atoms with E-state index in [0.717, 1.165) is 5.39 Å². The van der Waals surface area contributed by atoms with E-state index in [1.807, 2.05) is 30.3 Å². The first-order chi connectivity index (χ1) is 18.1. The van der Waals surface area contributed by atoms with Crippen molar-refractivity contribution in [2.75, 3.05) is 19.5 Å². The SMILES string of the molecule is COC(=O)[C@@H](NP(=O)(OC[C@H]1S[C@@H](n2cnc(N)nc2=O)C[C@H]1O)Oc1cccc2ccccc12)C(C)C. The zero-order valence-electron chi connectivity index (χ0n) is 21.1. The van der Waals surface area contributed by atoms with E-state index in [-0.39, 0.29) is 24.9 Å². The molecule has 5 atom stereocenters. The van der Waals surface area contributed by atoms with Gasteiger partial charge in [-0.2, -0.15) is 10.1 Å². The lowest BCUT2D eigenvalue weighted by atomic mass is 10.1. The van der Waals surface area contributed by atoms with Gasteiger partial charge in [-0.3, -0.25) is 13.9 Å². The van der Waals surface area contributed by atoms with Gasteiger partial charge in [0.15, 0.2) is 0 Å². The topological polar surface area (TPSA) is 168 Å². The van der Waals surface area contributed by atoms with E-state index in [1.165, 1.54) is 29.8 Å². The van der Waals surface area contributed by atoms with Crippen molar-refractivity contribution in [2.45, 2.75) is 43.0 Å². The molecule has 4 N–H and O–H groups in total. The van der Waals surface area contributed by atoms with Crippen LogP contribution < -0.4 is 21.0 Å². The highest BCUT2D eigenvalue weighted by Crippen LogP contribution is 2.49. The van der Waals surface area contributed by atoms with Gasteiger partial charge in [0.25, 0.3) is 0 Å². The molecule has 1 unspecified atom stereocenters. The van der Waals surface area contributed by atoms with Gasteiger partial charge >= 0.3 is 19.4 Å². The predicted octanol–water partition coefficient (Wildman–Crippen LogP) is 2.73. The molecule has 2 aromatic carbocycles. The second-order valence-electron chi connectivity index (χ2n) is 9.07. The molecule has 4 rings (SSSR count). The Labute approximate surface area is 223 Å². The normalized spacial score (nSPS) is 21.8. The Morgan fingerprint density at radius 3 is 2.74 bits per heavy atom. The maximum Gasteiger partial charge on any atom is 0.459 e. The maximum atomic E-state index is 14.1. The molecule has 2 heterocycles. The van der Waals surface area contributed by atoms with E-state index < -0.39 is 42.2 Å². The number of anilines is 1. The number of aliphatic hydroxyl groups excluding tert-OH is 1. The molecule has 1 aromatic heterocycles. The smallest absolute Gasteiger partial charge is 0.459 e. The molecule has 1 aliphatic rings. The molecular formula is C24H30N5O7PS. The van der Waals surface area contributed by atoms with Gasteiger partial charge in [0.2, 0.25) is 5.95 Å². The molecule has 12 nitrogen and oxygen atoms in total. The Hall–Kier alpha value is -2.96. The summed E-state index contributed by atoms with van der Waals surface area (Å²) in [5.74, 6) is -0.765. The Morgan fingerprint density at radius 2 is 2.03 bits per heavy atom. The largest absolute Gasteiger partial charge is 0.468 e. The number of carbonyl (C=O) groups is 1. The Kier molecular flexibility index (Phi) is 8.74. The first-order valence-electron chi connectivity index (χ1n) is 11.9. The lowest BCUT2D eigenvalue weighted by Crippen LogP contribution is -2.41. The van der Waals surface area contributed by atoms with Crippen LogP contribution in [0.15, 0.2) is 53.6 Å². The zero-order valence-corrected chi connectivity index (χ0v) is 22.8. The first-order valence-corrected chi connectivity index (χ1v) is 14.4. The highest BCUT2D eigenvalue weighted by Gasteiger charge is 2.40. The minimum absolute atomic E-state index is 0.141. The summed E-state index contributed by atoms with van der Waals surface area (Å²) in [4.78, 5) is 32.2. The van der Waals surface area contributed by atoms with Crippen LogP contribution in [0, 0.1) is 5.92 Å². The van der Waals surface area contributed by atoms with E-state index in [2.05, 4.69) is 15.1 Å². The number of hydrogen-bond donors (Lipinski definition) is 3. The minimum atomic E-state index is -4.19. The Balaban J connectivity index is 1.58. The number of nitrogens with two attached hydrogens (primary N) is 1. The molecule has 0 bridgehead atoms. The van der Waals surface area contributed by atoms with Gasteiger partial charge in [0, 0.05) is 11.8 Å². The zero-order chi connectivity index (χ0) is 27.4. The number of nitrogens with zero attached hydrogens (tertiary/aromatic N) is 3. The van der Waals surface area contributed by atoms with Crippen LogP contribution in [0.2, 0.25) is 0 Å². The van der Waals surface area contributed by atoms with Gasteiger partial charge in [-0.05, 0) is 17.4 Å². The highest BCUT2D eigenvalue weighted by molar-refractivity contribution is 8.00. The van der Waals surface area contributed by atoms with Crippen LogP contribution in [0.25, 0.3) is 10.8 Å². The summed E-state index contributed by atoms with van der Waals surface area (Å²) in [7, 11) is -2.95. The second kappa shape index (κ2) is 11.8. The summed E-state index contributed by atoms with van der Waals surface area (Å²) in [6.07, 6.45) is 0.602. The van der Waals surface area contributed by atoms with Crippen LogP contribution in [0.3, 0.4) is 0 Å². The predicted molar refractivity (Wildman–Crippen MR) is 144 cm³/mol. The van der Waals surface area contributed by atoms with Crippen LogP contribution in [-0.4, -0.2) is 56.7 Å². The fourth-order valence-corrected chi connectivity index (χ4v) is 7.25. The van der Waals surface area contributed by atoms with Crippen LogP contribution >= 0.6 is 19.5 Å². The molecule has 38 heavy (non-hydrogen) atoms. The third-order valence-electron chi connectivity index (χ3n) is 6.06. The number of esters is 1. The van der Waals surface area contributed by atoms with Gasteiger partial charge in [-0.1, -0.05) is 50.2 Å². The summed E-state index contributed by atoms with van der Waals surface area (Å²) >= 11 is 1.25. The number of aromatic nitrogens is 3. The quantitative estimate of drug-likeness (QED) is 0.244. The van der Waals surface area contributed by atoms with Gasteiger partial charge in [0.05, 0.1) is 30.4 Å². The van der Waals surface area contributed by atoms with Gasteiger partial charge < -0.3 is 20.1 Å². The van der Waals surface area contributed by atoms with Crippen molar-refractivity contribution in [1.29, 1.82) is 0 Å². The average molecular weight is 564 g/mol. The van der Waals surface area contributed by atoms with Gasteiger partial charge in [-0.25, -0.2) is 14.3 Å². The summed E-state index contributed by atoms with van der Waals surface area (Å²) in [5.41, 5.74) is 4.88. The molecule has 0 aliphatic carbocycles. The lowest BCUT2D eigenvalue weighted by molar-refractivity contribution is -0.143. The van der Waals surface area contributed by atoms with E-state index in [4.69, 9.17) is 19.5 Å². The number of methoxy groups -OCH3 is 1. The molecule has 204 valence electrons. The minimum Gasteiger partial charge on any atom is -0.468 e. The molecule has 0 amide bonds. The summed E-state index contributed by atoms with van der Waals surface area (Å²) in [5, 5.41) is 14.0. The van der Waals surface area contributed by atoms with Crippen molar-refractivity contribution < 1.29 is 28.3 Å². The Morgan fingerprint density at radius 1 is 1.29 bits per heavy atom. The van der Waals surface area contributed by atoms with E-state index in [9.17, 15) is 19.3 Å². The van der Waals surface area contributed by atoms with Crippen LogP contribution in [-0.2, 0) is 18.6 Å². The molecule has 0 spiro atoms. The standard InChI is InChI=1S/C24H30N5O7PS/c1-14(2)21(22(31)34-3)28-37(33,36-18-10-6-8-15-7-4-5-9-16(15)18)35-12-19-17(30)11-20(38-19)29-13-26-23(25)27-24(29)32/h4-10,13-14,17,19-21,30H,11-12H2,1-3H3,(H,28,33)(H2,25,27,32)/t17-,19-,20-,21+,37?/m1/s1. The van der Waals surface area contributed by atoms with Crippen molar-refractivity contribution in [3.8, 4) is 5.75 Å². The Bertz CT molecular complexity index is 1400. The average Bonchev–Trinajstić information content (AvgIpc) is 3.26. The summed E-state index contributed by atoms with van der Waals surface area (Å²) in [6.45, 7) is 3.34. The van der Waals surface area contributed by atoms with Gasteiger partial charge in [0.1, 0.15) is 18.1 Å². The first kappa shape index (κ1) is 28.1. The van der Waals surface area contributed by atoms with E-state index >= 15 is 0 Å². The fraction of sp³-hybridized carbons (Fsp3) is 0.417. The third-order valence-corrected chi connectivity index (χ3v) is 9.11. The molecular weight excluding hydrogens is 533 g/mol.